The molecule has 0 heterocycles. The van der Waals surface area contributed by atoms with Crippen LogP contribution in [-0.2, 0) is 15.6 Å². The summed E-state index contributed by atoms with van der Waals surface area (Å²) in [7, 11) is -1.04. The van der Waals surface area contributed by atoms with Crippen LogP contribution in [0.1, 0.15) is 43.6 Å². The first kappa shape index (κ1) is 14.3. The highest BCUT2D eigenvalue weighted by Crippen LogP contribution is 2.25. The summed E-state index contributed by atoms with van der Waals surface area (Å²) in [5, 5.41) is 9.53. The van der Waals surface area contributed by atoms with Crippen molar-refractivity contribution >= 4 is 16.8 Å². The second kappa shape index (κ2) is 6.85. The molecule has 0 aliphatic heterocycles. The fourth-order valence-corrected chi connectivity index (χ4v) is 4.42. The van der Waals surface area contributed by atoms with Gasteiger partial charge in [-0.05, 0) is 18.4 Å². The van der Waals surface area contributed by atoms with Gasteiger partial charge in [-0.1, -0.05) is 49.6 Å². The Hall–Kier alpha value is -1.16. The summed E-state index contributed by atoms with van der Waals surface area (Å²) in [4.78, 5) is 11.4. The van der Waals surface area contributed by atoms with Crippen molar-refractivity contribution in [2.45, 2.75) is 43.3 Å². The Balaban J connectivity index is 2.04. The minimum absolute atomic E-state index is 0.194. The minimum Gasteiger partial charge on any atom is -0.481 e. The SMILES string of the molecule is O=C(O)C(CS(=O)C1CCCCC1)c1ccccc1. The Morgan fingerprint density at radius 1 is 1.21 bits per heavy atom. The normalized spacial score (nSPS) is 19.8. The third kappa shape index (κ3) is 3.90. The molecular weight excluding hydrogens is 260 g/mol. The van der Waals surface area contributed by atoms with Gasteiger partial charge in [0.25, 0.3) is 0 Å². The fourth-order valence-electron chi connectivity index (χ4n) is 2.62. The van der Waals surface area contributed by atoms with E-state index in [0.29, 0.717) is 0 Å². The Morgan fingerprint density at radius 3 is 2.42 bits per heavy atom. The van der Waals surface area contributed by atoms with Crippen LogP contribution in [0.5, 0.6) is 0 Å². The first-order valence-corrected chi connectivity index (χ1v) is 8.21. The van der Waals surface area contributed by atoms with Crippen LogP contribution in [0.15, 0.2) is 30.3 Å². The summed E-state index contributed by atoms with van der Waals surface area (Å²) in [5.41, 5.74) is 0.749. The number of hydrogen-bond donors (Lipinski definition) is 1. The van der Waals surface area contributed by atoms with E-state index in [2.05, 4.69) is 0 Å². The van der Waals surface area contributed by atoms with Crippen LogP contribution in [0, 0.1) is 0 Å². The maximum atomic E-state index is 12.3. The van der Waals surface area contributed by atoms with Gasteiger partial charge in [0.1, 0.15) is 0 Å². The molecule has 3 nitrogen and oxygen atoms in total. The summed E-state index contributed by atoms with van der Waals surface area (Å²) < 4.78 is 12.3. The molecule has 1 saturated carbocycles. The predicted octanol–water partition coefficient (Wildman–Crippen LogP) is 2.94. The fraction of sp³-hybridized carbons (Fsp3) is 0.533. The van der Waals surface area contributed by atoms with Crippen molar-refractivity contribution in [1.82, 2.24) is 0 Å². The maximum Gasteiger partial charge on any atom is 0.311 e. The number of carbonyl (C=O) groups is 1. The smallest absolute Gasteiger partial charge is 0.311 e. The van der Waals surface area contributed by atoms with Crippen molar-refractivity contribution in [3.05, 3.63) is 35.9 Å². The van der Waals surface area contributed by atoms with Crippen LogP contribution in [0.4, 0.5) is 0 Å². The van der Waals surface area contributed by atoms with E-state index in [-0.39, 0.29) is 11.0 Å². The Bertz CT molecular complexity index is 438. The van der Waals surface area contributed by atoms with Crippen LogP contribution in [0.3, 0.4) is 0 Å². The highest BCUT2D eigenvalue weighted by atomic mass is 32.2. The van der Waals surface area contributed by atoms with E-state index in [9.17, 15) is 14.1 Å². The van der Waals surface area contributed by atoms with E-state index in [4.69, 9.17) is 0 Å². The largest absolute Gasteiger partial charge is 0.481 e. The van der Waals surface area contributed by atoms with Gasteiger partial charge in [-0.3, -0.25) is 9.00 Å². The van der Waals surface area contributed by atoms with E-state index >= 15 is 0 Å². The van der Waals surface area contributed by atoms with Gasteiger partial charge < -0.3 is 5.11 Å². The number of hydrogen-bond acceptors (Lipinski definition) is 2. The first-order chi connectivity index (χ1) is 9.18. The molecule has 1 aromatic rings. The predicted molar refractivity (Wildman–Crippen MR) is 76.7 cm³/mol. The molecule has 0 aromatic heterocycles. The molecule has 0 bridgehead atoms. The molecule has 1 N–H and O–H groups in total. The molecule has 1 fully saturated rings. The lowest BCUT2D eigenvalue weighted by atomic mass is 10.0. The van der Waals surface area contributed by atoms with Gasteiger partial charge in [0.2, 0.25) is 0 Å². The molecule has 0 amide bonds. The molecule has 104 valence electrons. The highest BCUT2D eigenvalue weighted by Gasteiger charge is 2.27. The van der Waals surface area contributed by atoms with E-state index in [1.54, 1.807) is 12.1 Å². The van der Waals surface area contributed by atoms with Crippen molar-refractivity contribution < 1.29 is 14.1 Å². The standard InChI is InChI=1S/C15H20O3S/c16-15(17)14(12-7-3-1-4-8-12)11-19(18)13-9-5-2-6-10-13/h1,3-4,7-8,13-14H,2,5-6,9-11H2,(H,16,17). The lowest BCUT2D eigenvalue weighted by Gasteiger charge is -2.22. The highest BCUT2D eigenvalue weighted by molar-refractivity contribution is 7.85. The summed E-state index contributed by atoms with van der Waals surface area (Å²) in [6.07, 6.45) is 5.43. The number of rotatable bonds is 5. The lowest BCUT2D eigenvalue weighted by molar-refractivity contribution is -0.138. The zero-order valence-electron chi connectivity index (χ0n) is 11.0. The minimum atomic E-state index is -1.04. The zero-order valence-corrected chi connectivity index (χ0v) is 11.8. The van der Waals surface area contributed by atoms with Gasteiger partial charge in [0, 0.05) is 21.8 Å². The third-order valence-electron chi connectivity index (χ3n) is 3.75. The van der Waals surface area contributed by atoms with Crippen molar-refractivity contribution in [2.75, 3.05) is 5.75 Å². The average molecular weight is 280 g/mol. The molecule has 1 aliphatic carbocycles. The number of carboxylic acids is 1. The number of benzene rings is 1. The van der Waals surface area contributed by atoms with Gasteiger partial charge >= 0.3 is 5.97 Å². The van der Waals surface area contributed by atoms with Crippen LogP contribution in [0.2, 0.25) is 0 Å². The van der Waals surface area contributed by atoms with E-state index < -0.39 is 22.7 Å². The van der Waals surface area contributed by atoms with Gasteiger partial charge in [-0.15, -0.1) is 0 Å². The van der Waals surface area contributed by atoms with Gasteiger partial charge in [-0.2, -0.15) is 0 Å². The molecule has 1 aromatic carbocycles. The molecule has 0 radical (unpaired) electrons. The number of aliphatic carboxylic acids is 1. The average Bonchev–Trinajstić information content (AvgIpc) is 2.46. The number of carboxylic acid groups (broad SMARTS) is 1. The van der Waals surface area contributed by atoms with Gasteiger partial charge in [-0.25, -0.2) is 0 Å². The van der Waals surface area contributed by atoms with Gasteiger partial charge in [0.05, 0.1) is 5.92 Å². The molecule has 1 aliphatic rings. The monoisotopic (exact) mass is 280 g/mol. The van der Waals surface area contributed by atoms with Crippen molar-refractivity contribution in [1.29, 1.82) is 0 Å². The zero-order chi connectivity index (χ0) is 13.7. The molecule has 2 rings (SSSR count). The Labute approximate surface area is 116 Å². The van der Waals surface area contributed by atoms with Crippen molar-refractivity contribution in [2.24, 2.45) is 0 Å². The van der Waals surface area contributed by atoms with E-state index in [1.165, 1.54) is 6.42 Å². The Kier molecular flexibility index (Phi) is 5.14. The summed E-state index contributed by atoms with van der Waals surface area (Å²) in [5.74, 6) is -1.29. The molecule has 19 heavy (non-hydrogen) atoms. The summed E-state index contributed by atoms with van der Waals surface area (Å²) in [6, 6.07) is 9.12. The van der Waals surface area contributed by atoms with Gasteiger partial charge in [0.15, 0.2) is 0 Å². The summed E-state index contributed by atoms with van der Waals surface area (Å²) in [6.45, 7) is 0. The Morgan fingerprint density at radius 2 is 1.84 bits per heavy atom. The van der Waals surface area contributed by atoms with Crippen LogP contribution < -0.4 is 0 Å². The maximum absolute atomic E-state index is 12.3. The second-order valence-corrected chi connectivity index (χ2v) is 6.87. The second-order valence-electron chi connectivity index (χ2n) is 5.11. The quantitative estimate of drug-likeness (QED) is 0.902. The van der Waals surface area contributed by atoms with E-state index in [0.717, 1.165) is 31.2 Å². The molecule has 0 spiro atoms. The van der Waals surface area contributed by atoms with Crippen LogP contribution in [-0.4, -0.2) is 26.3 Å². The first-order valence-electron chi connectivity index (χ1n) is 6.83. The lowest BCUT2D eigenvalue weighted by Crippen LogP contribution is -2.26. The van der Waals surface area contributed by atoms with Crippen molar-refractivity contribution in [3.8, 4) is 0 Å². The molecule has 2 unspecified atom stereocenters. The molecule has 2 atom stereocenters. The van der Waals surface area contributed by atoms with Crippen LogP contribution in [0.25, 0.3) is 0 Å². The topological polar surface area (TPSA) is 54.4 Å². The molecular formula is C15H20O3S. The third-order valence-corrected chi connectivity index (χ3v) is 5.63. The molecule has 4 heteroatoms. The van der Waals surface area contributed by atoms with Crippen molar-refractivity contribution in [3.63, 3.8) is 0 Å². The van der Waals surface area contributed by atoms with E-state index in [1.807, 2.05) is 18.2 Å². The molecule has 0 saturated heterocycles. The van der Waals surface area contributed by atoms with Crippen LogP contribution >= 0.6 is 0 Å². The summed E-state index contributed by atoms with van der Waals surface area (Å²) >= 11 is 0.